The molecule has 1 aromatic heterocycles. The summed E-state index contributed by atoms with van der Waals surface area (Å²) in [6, 6.07) is 3.64. The van der Waals surface area contributed by atoms with Crippen LogP contribution < -0.4 is 5.32 Å². The summed E-state index contributed by atoms with van der Waals surface area (Å²) < 4.78 is 26.1. The fourth-order valence-electron chi connectivity index (χ4n) is 2.40. The van der Waals surface area contributed by atoms with Gasteiger partial charge >= 0.3 is 0 Å². The van der Waals surface area contributed by atoms with Crippen LogP contribution in [0.3, 0.4) is 0 Å². The molecule has 0 spiro atoms. The van der Waals surface area contributed by atoms with Crippen LogP contribution in [0.2, 0.25) is 0 Å². The summed E-state index contributed by atoms with van der Waals surface area (Å²) in [5.41, 5.74) is 0.577. The number of amides is 3. The van der Waals surface area contributed by atoms with Gasteiger partial charge in [-0.3, -0.25) is 19.3 Å². The van der Waals surface area contributed by atoms with E-state index in [1.54, 1.807) is 0 Å². The van der Waals surface area contributed by atoms with E-state index in [9.17, 15) is 23.2 Å². The summed E-state index contributed by atoms with van der Waals surface area (Å²) in [6.07, 6.45) is 2.12. The van der Waals surface area contributed by atoms with Gasteiger partial charge in [0.25, 0.3) is 0 Å². The third kappa shape index (κ3) is 4.05. The summed E-state index contributed by atoms with van der Waals surface area (Å²) in [5.74, 6) is -3.07. The second-order valence-electron chi connectivity index (χ2n) is 5.48. The number of benzene rings is 1. The molecule has 130 valence electrons. The minimum atomic E-state index is -0.921. The van der Waals surface area contributed by atoms with Crippen LogP contribution in [0.1, 0.15) is 23.3 Å². The fourth-order valence-corrected chi connectivity index (χ4v) is 3.26. The summed E-state index contributed by atoms with van der Waals surface area (Å²) in [5, 5.41) is 2.83. The van der Waals surface area contributed by atoms with Gasteiger partial charge in [-0.15, -0.1) is 11.3 Å². The molecule has 0 bridgehead atoms. The zero-order valence-corrected chi connectivity index (χ0v) is 13.7. The van der Waals surface area contributed by atoms with E-state index in [-0.39, 0.29) is 31.2 Å². The molecule has 1 aromatic carbocycles. The Morgan fingerprint density at radius 3 is 2.60 bits per heavy atom. The molecule has 3 rings (SSSR count). The number of carbonyl (C=O) groups excluding carboxylic acids is 3. The van der Waals surface area contributed by atoms with Gasteiger partial charge < -0.3 is 5.32 Å². The summed E-state index contributed by atoms with van der Waals surface area (Å²) in [6.45, 7) is -0.338. The van der Waals surface area contributed by atoms with E-state index in [2.05, 4.69) is 10.3 Å². The highest BCUT2D eigenvalue weighted by atomic mass is 32.1. The number of thiazole rings is 1. The smallest absolute Gasteiger partial charge is 0.246 e. The van der Waals surface area contributed by atoms with Crippen LogP contribution >= 0.6 is 11.3 Å². The van der Waals surface area contributed by atoms with Crippen molar-refractivity contribution in [1.82, 2.24) is 9.88 Å². The molecule has 3 amide bonds. The van der Waals surface area contributed by atoms with Crippen LogP contribution in [0.5, 0.6) is 0 Å². The van der Waals surface area contributed by atoms with E-state index < -0.39 is 17.5 Å². The molecule has 1 fully saturated rings. The number of likely N-dealkylation sites (tertiary alicyclic amines) is 1. The lowest BCUT2D eigenvalue weighted by molar-refractivity contribution is -0.141. The maximum atomic E-state index is 13.2. The fraction of sp³-hybridized carbons (Fsp3) is 0.250. The summed E-state index contributed by atoms with van der Waals surface area (Å²) in [4.78, 5) is 40.6. The van der Waals surface area contributed by atoms with Crippen molar-refractivity contribution in [2.75, 3.05) is 11.9 Å². The van der Waals surface area contributed by atoms with Crippen molar-refractivity contribution in [2.24, 2.45) is 0 Å². The lowest BCUT2D eigenvalue weighted by atomic mass is 10.1. The second-order valence-corrected chi connectivity index (χ2v) is 6.59. The molecule has 0 aliphatic carbocycles. The first-order chi connectivity index (χ1) is 11.9. The molecule has 0 unspecified atom stereocenters. The van der Waals surface area contributed by atoms with Gasteiger partial charge in [-0.2, -0.15) is 0 Å². The quantitative estimate of drug-likeness (QED) is 0.823. The van der Waals surface area contributed by atoms with Crippen molar-refractivity contribution in [3.8, 4) is 0 Å². The summed E-state index contributed by atoms with van der Waals surface area (Å²) in [7, 11) is 0. The van der Waals surface area contributed by atoms with Gasteiger partial charge in [-0.05, 0) is 17.7 Å². The standard InChI is InChI=1S/C16H13F2N3O3S/c17-11-2-1-9(6-12(11)18)5-10-7-19-16(25-10)20-13(22)8-21-14(23)3-4-15(21)24/h1-2,6-7H,3-5,8H2,(H,19,20,22). The molecule has 6 nitrogen and oxygen atoms in total. The third-order valence-electron chi connectivity index (χ3n) is 3.62. The van der Waals surface area contributed by atoms with Crippen molar-refractivity contribution < 1.29 is 23.2 Å². The van der Waals surface area contributed by atoms with Crippen LogP contribution in [0, 0.1) is 11.6 Å². The minimum Gasteiger partial charge on any atom is -0.300 e. The van der Waals surface area contributed by atoms with Crippen molar-refractivity contribution in [3.63, 3.8) is 0 Å². The van der Waals surface area contributed by atoms with Gasteiger partial charge in [0, 0.05) is 30.3 Å². The highest BCUT2D eigenvalue weighted by Gasteiger charge is 2.30. The predicted molar refractivity (Wildman–Crippen MR) is 85.9 cm³/mol. The average molecular weight is 365 g/mol. The maximum Gasteiger partial charge on any atom is 0.246 e. The molecule has 9 heteroatoms. The van der Waals surface area contributed by atoms with Gasteiger partial charge in [0.2, 0.25) is 17.7 Å². The molecule has 0 atom stereocenters. The first-order valence-electron chi connectivity index (χ1n) is 7.44. The predicted octanol–water partition coefficient (Wildman–Crippen LogP) is 2.10. The zero-order chi connectivity index (χ0) is 18.0. The number of carbonyl (C=O) groups is 3. The molecule has 1 aliphatic rings. The number of aromatic nitrogens is 1. The van der Waals surface area contributed by atoms with Crippen LogP contribution in [0.15, 0.2) is 24.4 Å². The van der Waals surface area contributed by atoms with E-state index in [4.69, 9.17) is 0 Å². The number of imide groups is 1. The second kappa shape index (κ2) is 7.06. The lowest BCUT2D eigenvalue weighted by Gasteiger charge is -2.12. The average Bonchev–Trinajstić information content (AvgIpc) is 3.12. The van der Waals surface area contributed by atoms with Crippen LogP contribution in [-0.2, 0) is 20.8 Å². The summed E-state index contributed by atoms with van der Waals surface area (Å²) >= 11 is 1.18. The largest absolute Gasteiger partial charge is 0.300 e. The molecule has 2 heterocycles. The molecule has 0 radical (unpaired) electrons. The van der Waals surface area contributed by atoms with Crippen molar-refractivity contribution in [1.29, 1.82) is 0 Å². The minimum absolute atomic E-state index is 0.127. The Kier molecular flexibility index (Phi) is 4.84. The Morgan fingerprint density at radius 1 is 1.20 bits per heavy atom. The van der Waals surface area contributed by atoms with E-state index in [0.29, 0.717) is 17.1 Å². The monoisotopic (exact) mass is 365 g/mol. The van der Waals surface area contributed by atoms with Crippen LogP contribution in [0.25, 0.3) is 0 Å². The first-order valence-corrected chi connectivity index (χ1v) is 8.25. The van der Waals surface area contributed by atoms with E-state index >= 15 is 0 Å². The zero-order valence-electron chi connectivity index (χ0n) is 12.9. The van der Waals surface area contributed by atoms with Gasteiger partial charge in [0.15, 0.2) is 16.8 Å². The molecular formula is C16H13F2N3O3S. The Bertz CT molecular complexity index is 837. The van der Waals surface area contributed by atoms with E-state index in [0.717, 1.165) is 21.9 Å². The third-order valence-corrected chi connectivity index (χ3v) is 4.53. The molecule has 1 aliphatic heterocycles. The normalized spacial score (nSPS) is 14.2. The number of nitrogens with zero attached hydrogens (tertiary/aromatic N) is 2. The number of hydrogen-bond acceptors (Lipinski definition) is 5. The topological polar surface area (TPSA) is 79.4 Å². The number of anilines is 1. The molecule has 1 N–H and O–H groups in total. The van der Waals surface area contributed by atoms with Gasteiger partial charge in [0.05, 0.1) is 0 Å². The van der Waals surface area contributed by atoms with Crippen LogP contribution in [-0.4, -0.2) is 34.2 Å². The van der Waals surface area contributed by atoms with Gasteiger partial charge in [-0.1, -0.05) is 6.07 Å². The number of nitrogens with one attached hydrogen (secondary N) is 1. The molecule has 2 aromatic rings. The Labute approximate surface area is 145 Å². The van der Waals surface area contributed by atoms with Crippen molar-refractivity contribution >= 4 is 34.2 Å². The maximum absolute atomic E-state index is 13.2. The molecule has 0 saturated carbocycles. The highest BCUT2D eigenvalue weighted by molar-refractivity contribution is 7.15. The first kappa shape index (κ1) is 17.2. The number of rotatable bonds is 5. The van der Waals surface area contributed by atoms with Gasteiger partial charge in [-0.25, -0.2) is 13.8 Å². The molecule has 1 saturated heterocycles. The number of halogens is 2. The van der Waals surface area contributed by atoms with E-state index in [1.165, 1.54) is 23.6 Å². The highest BCUT2D eigenvalue weighted by Crippen LogP contribution is 2.22. The molecular weight excluding hydrogens is 352 g/mol. The van der Waals surface area contributed by atoms with Crippen molar-refractivity contribution in [2.45, 2.75) is 19.3 Å². The van der Waals surface area contributed by atoms with Crippen molar-refractivity contribution in [3.05, 3.63) is 46.5 Å². The number of hydrogen-bond donors (Lipinski definition) is 1. The van der Waals surface area contributed by atoms with Gasteiger partial charge in [0.1, 0.15) is 6.54 Å². The van der Waals surface area contributed by atoms with E-state index in [1.807, 2.05) is 0 Å². The Hall–Kier alpha value is -2.68. The lowest BCUT2D eigenvalue weighted by Crippen LogP contribution is -2.36. The Balaban J connectivity index is 1.59. The molecule has 25 heavy (non-hydrogen) atoms. The van der Waals surface area contributed by atoms with Crippen LogP contribution in [0.4, 0.5) is 13.9 Å². The Morgan fingerprint density at radius 2 is 1.92 bits per heavy atom. The SMILES string of the molecule is O=C(CN1C(=O)CCC1=O)Nc1ncc(Cc2ccc(F)c(F)c2)s1.